The van der Waals surface area contributed by atoms with Gasteiger partial charge in [0.05, 0.1) is 12.2 Å². The van der Waals surface area contributed by atoms with E-state index in [0.717, 1.165) is 25.4 Å². The largest absolute Gasteiger partial charge is 0.455 e. The van der Waals surface area contributed by atoms with Crippen LogP contribution in [0.2, 0.25) is 0 Å². The Balaban J connectivity index is 1.23. The maximum absolute atomic E-state index is 13.0. The van der Waals surface area contributed by atoms with Crippen molar-refractivity contribution < 1.29 is 17.6 Å². The van der Waals surface area contributed by atoms with Crippen molar-refractivity contribution in [2.45, 2.75) is 49.2 Å². The first-order valence-corrected chi connectivity index (χ1v) is 12.4. The van der Waals surface area contributed by atoms with E-state index in [-0.39, 0.29) is 10.8 Å². The summed E-state index contributed by atoms with van der Waals surface area (Å²) in [4.78, 5) is 17.3. The van der Waals surface area contributed by atoms with E-state index in [2.05, 4.69) is 14.9 Å². The molecule has 1 amide bonds. The molecule has 0 unspecified atom stereocenters. The van der Waals surface area contributed by atoms with Crippen LogP contribution in [0.15, 0.2) is 45.7 Å². The summed E-state index contributed by atoms with van der Waals surface area (Å²) in [6, 6.07) is 10.5. The first-order valence-electron chi connectivity index (χ1n) is 11.0. The van der Waals surface area contributed by atoms with Gasteiger partial charge >= 0.3 is 0 Å². The lowest BCUT2D eigenvalue weighted by Gasteiger charge is -2.45. The molecule has 0 radical (unpaired) electrons. The van der Waals surface area contributed by atoms with Crippen LogP contribution in [-0.2, 0) is 16.6 Å². The number of sulfonamides is 1. The summed E-state index contributed by atoms with van der Waals surface area (Å²) < 4.78 is 34.1. The van der Waals surface area contributed by atoms with Crippen LogP contribution in [0, 0.1) is 0 Å². The number of carbonyl (C=O) groups is 1. The highest BCUT2D eigenvalue weighted by Crippen LogP contribution is 2.35. The fraction of sp³-hybridized carbons (Fsp3) is 0.500. The molecule has 0 atom stereocenters. The number of para-hydroxylation sites is 1. The van der Waals surface area contributed by atoms with Crippen molar-refractivity contribution in [1.29, 1.82) is 0 Å². The summed E-state index contributed by atoms with van der Waals surface area (Å²) in [6.07, 6.45) is 4.67. The van der Waals surface area contributed by atoms with E-state index in [1.54, 1.807) is 29.2 Å². The van der Waals surface area contributed by atoms with Crippen molar-refractivity contribution in [2.75, 3.05) is 31.5 Å². The maximum Gasteiger partial charge on any atom is 0.289 e. The molecule has 9 heteroatoms. The number of nitrogens with zero attached hydrogens (tertiary/aromatic N) is 2. The Morgan fingerprint density at radius 1 is 1.00 bits per heavy atom. The molecule has 4 heterocycles. The van der Waals surface area contributed by atoms with E-state index in [1.165, 1.54) is 19.3 Å². The van der Waals surface area contributed by atoms with Crippen molar-refractivity contribution in [3.05, 3.63) is 47.9 Å². The second-order valence-corrected chi connectivity index (χ2v) is 10.4. The topological polar surface area (TPSA) is 94.9 Å². The van der Waals surface area contributed by atoms with Crippen LogP contribution >= 0.6 is 0 Å². The highest BCUT2D eigenvalue weighted by Gasteiger charge is 2.44. The lowest BCUT2D eigenvalue weighted by Crippen LogP contribution is -2.62. The van der Waals surface area contributed by atoms with Gasteiger partial charge in [-0.25, -0.2) is 8.42 Å². The lowest BCUT2D eigenvalue weighted by atomic mass is 9.97. The standard InChI is InChI=1S/C22H28N4O4S/c27-21(19-9-8-17(30-19)16-25-12-4-1-5-13-25)26-14-10-22(11-15-26)23-18-6-2-3-7-20(18)31(28,29)24-22/h2-3,6-9,23-24H,1,4-5,10-16H2. The zero-order valence-corrected chi connectivity index (χ0v) is 18.3. The van der Waals surface area contributed by atoms with Gasteiger partial charge in [-0.05, 0) is 50.2 Å². The molecule has 2 N–H and O–H groups in total. The Labute approximate surface area is 182 Å². The average Bonchev–Trinajstić information content (AvgIpc) is 3.22. The lowest BCUT2D eigenvalue weighted by molar-refractivity contribution is 0.0639. The molecule has 0 saturated carbocycles. The molecule has 3 aliphatic rings. The molecule has 3 aliphatic heterocycles. The van der Waals surface area contributed by atoms with Gasteiger partial charge in [-0.1, -0.05) is 18.6 Å². The molecular formula is C22H28N4O4S. The molecule has 166 valence electrons. The van der Waals surface area contributed by atoms with Gasteiger partial charge in [0.2, 0.25) is 10.0 Å². The molecule has 5 rings (SSSR count). The first-order chi connectivity index (χ1) is 14.9. The number of hydrogen-bond donors (Lipinski definition) is 2. The molecule has 1 aromatic heterocycles. The number of amides is 1. The molecule has 0 aliphatic carbocycles. The van der Waals surface area contributed by atoms with Gasteiger partial charge in [0, 0.05) is 25.9 Å². The number of likely N-dealkylation sites (tertiary alicyclic amines) is 2. The van der Waals surface area contributed by atoms with Gasteiger partial charge in [-0.3, -0.25) is 9.69 Å². The van der Waals surface area contributed by atoms with Gasteiger partial charge in [0.1, 0.15) is 16.3 Å². The fourth-order valence-corrected chi connectivity index (χ4v) is 6.34. The number of rotatable bonds is 3. The van der Waals surface area contributed by atoms with Crippen LogP contribution in [0.3, 0.4) is 0 Å². The smallest absolute Gasteiger partial charge is 0.289 e. The van der Waals surface area contributed by atoms with Crippen molar-refractivity contribution in [1.82, 2.24) is 14.5 Å². The number of furan rings is 1. The Bertz CT molecular complexity index is 1070. The number of anilines is 1. The summed E-state index contributed by atoms with van der Waals surface area (Å²) in [5.74, 6) is 1.03. The molecule has 2 saturated heterocycles. The highest BCUT2D eigenvalue weighted by molar-refractivity contribution is 7.89. The summed E-state index contributed by atoms with van der Waals surface area (Å²) in [7, 11) is -3.59. The average molecular weight is 445 g/mol. The van der Waals surface area contributed by atoms with Crippen LogP contribution in [0.1, 0.15) is 48.4 Å². The monoisotopic (exact) mass is 444 g/mol. The SMILES string of the molecule is O=C(c1ccc(CN2CCCCC2)o1)N1CCC2(CC1)Nc1ccccc1S(=O)(=O)N2. The zero-order valence-electron chi connectivity index (χ0n) is 17.5. The third-order valence-corrected chi connectivity index (χ3v) is 8.08. The van der Waals surface area contributed by atoms with Gasteiger partial charge in [0.15, 0.2) is 5.76 Å². The molecule has 2 aromatic rings. The van der Waals surface area contributed by atoms with Crippen LogP contribution in [-0.4, -0.2) is 56.0 Å². The zero-order chi connectivity index (χ0) is 21.5. The normalized spacial score (nSPS) is 22.6. The van der Waals surface area contributed by atoms with Crippen molar-refractivity contribution in [3.63, 3.8) is 0 Å². The second-order valence-electron chi connectivity index (χ2n) is 8.70. The predicted octanol–water partition coefficient (Wildman–Crippen LogP) is 2.60. The Morgan fingerprint density at radius 2 is 1.74 bits per heavy atom. The summed E-state index contributed by atoms with van der Waals surface area (Å²) in [6.45, 7) is 3.77. The molecule has 1 aromatic carbocycles. The van der Waals surface area contributed by atoms with E-state index < -0.39 is 15.7 Å². The maximum atomic E-state index is 13.0. The highest BCUT2D eigenvalue weighted by atomic mass is 32.2. The molecule has 31 heavy (non-hydrogen) atoms. The van der Waals surface area contributed by atoms with E-state index in [1.807, 2.05) is 12.1 Å². The minimum Gasteiger partial charge on any atom is -0.455 e. The molecule has 2 fully saturated rings. The third kappa shape index (κ3) is 4.09. The number of hydrogen-bond acceptors (Lipinski definition) is 6. The summed E-state index contributed by atoms with van der Waals surface area (Å²) >= 11 is 0. The van der Waals surface area contributed by atoms with E-state index in [4.69, 9.17) is 4.42 Å². The van der Waals surface area contributed by atoms with Gasteiger partial charge in [-0.2, -0.15) is 4.72 Å². The van der Waals surface area contributed by atoms with Gasteiger partial charge < -0.3 is 14.6 Å². The van der Waals surface area contributed by atoms with Crippen LogP contribution < -0.4 is 10.0 Å². The van der Waals surface area contributed by atoms with Crippen LogP contribution in [0.5, 0.6) is 0 Å². The number of piperidine rings is 2. The van der Waals surface area contributed by atoms with E-state index >= 15 is 0 Å². The fourth-order valence-electron chi connectivity index (χ4n) is 4.79. The van der Waals surface area contributed by atoms with Crippen LogP contribution in [0.4, 0.5) is 5.69 Å². The van der Waals surface area contributed by atoms with E-state index in [0.29, 0.717) is 37.4 Å². The number of fused-ring (bicyclic) bond motifs is 1. The Kier molecular flexibility index (Phi) is 5.27. The summed E-state index contributed by atoms with van der Waals surface area (Å²) in [5.41, 5.74) is -0.165. The quantitative estimate of drug-likeness (QED) is 0.756. The minimum atomic E-state index is -3.59. The second kappa shape index (κ2) is 7.96. The minimum absolute atomic E-state index is 0.140. The van der Waals surface area contributed by atoms with Crippen molar-refractivity contribution in [2.24, 2.45) is 0 Å². The first kappa shape index (κ1) is 20.5. The van der Waals surface area contributed by atoms with Gasteiger partial charge in [0.25, 0.3) is 5.91 Å². The number of carbonyl (C=O) groups excluding carboxylic acids is 1. The number of nitrogens with one attached hydrogen (secondary N) is 2. The predicted molar refractivity (Wildman–Crippen MR) is 116 cm³/mol. The molecular weight excluding hydrogens is 416 g/mol. The van der Waals surface area contributed by atoms with E-state index in [9.17, 15) is 13.2 Å². The molecule has 1 spiro atoms. The van der Waals surface area contributed by atoms with Crippen molar-refractivity contribution >= 4 is 21.6 Å². The molecule has 8 nitrogen and oxygen atoms in total. The number of benzene rings is 1. The Morgan fingerprint density at radius 3 is 2.52 bits per heavy atom. The molecule has 0 bridgehead atoms. The van der Waals surface area contributed by atoms with Crippen molar-refractivity contribution in [3.8, 4) is 0 Å². The summed E-state index contributed by atoms with van der Waals surface area (Å²) in [5, 5.41) is 3.36. The van der Waals surface area contributed by atoms with Gasteiger partial charge in [-0.15, -0.1) is 0 Å². The Hall–Kier alpha value is -2.36. The third-order valence-electron chi connectivity index (χ3n) is 6.49. The van der Waals surface area contributed by atoms with Crippen LogP contribution in [0.25, 0.3) is 0 Å².